The molecule has 3 amide bonds. The number of fused-ring (bicyclic) bond motifs is 1. The molecule has 0 aliphatic carbocycles. The fraction of sp³-hybridized carbons (Fsp3) is 0.188. The smallest absolute Gasteiger partial charge is 0.413 e. The Balaban J connectivity index is 1.75. The number of rotatable bonds is 3. The first-order chi connectivity index (χ1) is 12.1. The van der Waals surface area contributed by atoms with Crippen LogP contribution in [0.4, 0.5) is 9.80 Å². The lowest BCUT2D eigenvalue weighted by atomic mass is 10.2. The van der Waals surface area contributed by atoms with Crippen molar-refractivity contribution in [1.29, 1.82) is 0 Å². The Morgan fingerprint density at radius 1 is 1.08 bits per heavy atom. The summed E-state index contributed by atoms with van der Waals surface area (Å²) in [5.41, 5.74) is 0.526. The van der Waals surface area contributed by atoms with Gasteiger partial charge in [0, 0.05) is 5.56 Å². The Morgan fingerprint density at radius 2 is 1.84 bits per heavy atom. The van der Waals surface area contributed by atoms with Crippen LogP contribution in [0.15, 0.2) is 29.6 Å². The number of carbonyl (C=O) groups is 3. The molecule has 2 aromatic rings. The fourth-order valence-corrected chi connectivity index (χ4v) is 2.94. The summed E-state index contributed by atoms with van der Waals surface area (Å²) in [7, 11) is 1.15. The third-order valence-corrected chi connectivity index (χ3v) is 4.17. The van der Waals surface area contributed by atoms with Gasteiger partial charge in [-0.05, 0) is 29.6 Å². The van der Waals surface area contributed by atoms with E-state index in [1.165, 1.54) is 6.07 Å². The fourth-order valence-electron chi connectivity index (χ4n) is 2.16. The summed E-state index contributed by atoms with van der Waals surface area (Å²) in [5, 5.41) is 6.65. The summed E-state index contributed by atoms with van der Waals surface area (Å²) >= 11 is 1.16. The van der Waals surface area contributed by atoms with E-state index in [-0.39, 0.29) is 5.56 Å². The molecule has 0 unspecified atom stereocenters. The van der Waals surface area contributed by atoms with E-state index in [0.29, 0.717) is 35.3 Å². The maximum atomic E-state index is 12.4. The lowest BCUT2D eigenvalue weighted by Gasteiger charge is -2.18. The highest BCUT2D eigenvalue weighted by molar-refractivity contribution is 7.14. The standard InChI is InChI=1S/C16H14N2O6S/c1-22-16(21)18-14(20)10-4-7-25-15(10)17-13(19)9-2-3-11-12(8-9)24-6-5-23-11/h2-4,7-8H,5-6H2,1H3,(H,17,19)(H,18,20,21). The molecule has 2 N–H and O–H groups in total. The van der Waals surface area contributed by atoms with Crippen molar-refractivity contribution in [2.45, 2.75) is 0 Å². The number of methoxy groups -OCH3 is 1. The molecule has 0 radical (unpaired) electrons. The molecule has 0 atom stereocenters. The van der Waals surface area contributed by atoms with Crippen molar-refractivity contribution in [2.24, 2.45) is 0 Å². The van der Waals surface area contributed by atoms with Gasteiger partial charge in [0.1, 0.15) is 18.2 Å². The summed E-state index contributed by atoms with van der Waals surface area (Å²) in [6.07, 6.45) is -0.875. The monoisotopic (exact) mass is 362 g/mol. The predicted octanol–water partition coefficient (Wildman–Crippen LogP) is 2.27. The molecule has 0 spiro atoms. The van der Waals surface area contributed by atoms with Crippen LogP contribution in [0.1, 0.15) is 20.7 Å². The highest BCUT2D eigenvalue weighted by Gasteiger charge is 2.19. The minimum atomic E-state index is -0.875. The van der Waals surface area contributed by atoms with Crippen LogP contribution in [0, 0.1) is 0 Å². The zero-order chi connectivity index (χ0) is 17.8. The van der Waals surface area contributed by atoms with Gasteiger partial charge in [-0.2, -0.15) is 0 Å². The van der Waals surface area contributed by atoms with Crippen LogP contribution in [0.5, 0.6) is 11.5 Å². The molecule has 1 aromatic carbocycles. The molecule has 2 heterocycles. The second-order valence-corrected chi connectivity index (χ2v) is 5.84. The molecule has 1 aliphatic rings. The van der Waals surface area contributed by atoms with Crippen LogP contribution < -0.4 is 20.1 Å². The van der Waals surface area contributed by atoms with Crippen molar-refractivity contribution in [2.75, 3.05) is 25.6 Å². The van der Waals surface area contributed by atoms with Gasteiger partial charge in [0.15, 0.2) is 11.5 Å². The van der Waals surface area contributed by atoms with Crippen LogP contribution in [0.25, 0.3) is 0 Å². The second kappa shape index (κ2) is 7.22. The molecule has 0 fully saturated rings. The topological polar surface area (TPSA) is 103 Å². The number of ether oxygens (including phenoxy) is 3. The van der Waals surface area contributed by atoms with Crippen molar-refractivity contribution >= 4 is 34.2 Å². The molecule has 0 bridgehead atoms. The number of benzene rings is 1. The Morgan fingerprint density at radius 3 is 2.60 bits per heavy atom. The van der Waals surface area contributed by atoms with Crippen LogP contribution in [0.3, 0.4) is 0 Å². The Hall–Kier alpha value is -3.07. The van der Waals surface area contributed by atoms with Crippen molar-refractivity contribution in [3.05, 3.63) is 40.8 Å². The molecule has 3 rings (SSSR count). The molecule has 0 saturated heterocycles. The zero-order valence-electron chi connectivity index (χ0n) is 13.2. The lowest BCUT2D eigenvalue weighted by Crippen LogP contribution is -2.30. The first-order valence-electron chi connectivity index (χ1n) is 7.26. The van der Waals surface area contributed by atoms with Gasteiger partial charge in [0.25, 0.3) is 11.8 Å². The Bertz CT molecular complexity index is 832. The molecule has 1 aliphatic heterocycles. The highest BCUT2D eigenvalue weighted by Crippen LogP contribution is 2.31. The van der Waals surface area contributed by atoms with E-state index >= 15 is 0 Å². The molecule has 0 saturated carbocycles. The number of amides is 3. The molecule has 9 heteroatoms. The first-order valence-corrected chi connectivity index (χ1v) is 8.14. The predicted molar refractivity (Wildman–Crippen MR) is 89.6 cm³/mol. The Labute approximate surface area is 146 Å². The van der Waals surface area contributed by atoms with Gasteiger partial charge >= 0.3 is 6.09 Å². The first kappa shape index (κ1) is 16.8. The largest absolute Gasteiger partial charge is 0.486 e. The maximum absolute atomic E-state index is 12.4. The van der Waals surface area contributed by atoms with Crippen LogP contribution in [-0.2, 0) is 4.74 Å². The highest BCUT2D eigenvalue weighted by atomic mass is 32.1. The summed E-state index contributed by atoms with van der Waals surface area (Å²) in [6.45, 7) is 0.882. The molecular formula is C16H14N2O6S. The van der Waals surface area contributed by atoms with E-state index in [9.17, 15) is 14.4 Å². The second-order valence-electron chi connectivity index (χ2n) is 4.92. The molecule has 130 valence electrons. The third kappa shape index (κ3) is 3.72. The van der Waals surface area contributed by atoms with Gasteiger partial charge in [-0.15, -0.1) is 11.3 Å². The summed E-state index contributed by atoms with van der Waals surface area (Å²) in [4.78, 5) is 35.6. The van der Waals surface area contributed by atoms with Crippen LogP contribution >= 0.6 is 11.3 Å². The van der Waals surface area contributed by atoms with Crippen molar-refractivity contribution in [1.82, 2.24) is 5.32 Å². The van der Waals surface area contributed by atoms with Crippen molar-refractivity contribution in [3.8, 4) is 11.5 Å². The molecule has 8 nitrogen and oxygen atoms in total. The van der Waals surface area contributed by atoms with Gasteiger partial charge < -0.3 is 19.5 Å². The van der Waals surface area contributed by atoms with E-state index in [0.717, 1.165) is 18.4 Å². The normalized spacial score (nSPS) is 12.2. The van der Waals surface area contributed by atoms with Crippen LogP contribution in [0.2, 0.25) is 0 Å². The van der Waals surface area contributed by atoms with Crippen molar-refractivity contribution in [3.63, 3.8) is 0 Å². The average molecular weight is 362 g/mol. The van der Waals surface area contributed by atoms with E-state index in [1.807, 2.05) is 5.32 Å². The molecule has 1 aromatic heterocycles. The van der Waals surface area contributed by atoms with Gasteiger partial charge in [-0.25, -0.2) is 4.79 Å². The van der Waals surface area contributed by atoms with Crippen molar-refractivity contribution < 1.29 is 28.6 Å². The number of alkyl carbamates (subject to hydrolysis) is 1. The number of hydrogen-bond acceptors (Lipinski definition) is 7. The van der Waals surface area contributed by atoms with E-state index in [2.05, 4.69) is 10.1 Å². The lowest BCUT2D eigenvalue weighted by molar-refractivity contribution is 0.0938. The number of imide groups is 1. The minimum Gasteiger partial charge on any atom is -0.486 e. The average Bonchev–Trinajstić information content (AvgIpc) is 3.09. The summed E-state index contributed by atoms with van der Waals surface area (Å²) in [6, 6.07) is 6.33. The number of anilines is 1. The number of nitrogens with one attached hydrogen (secondary N) is 2. The van der Waals surface area contributed by atoms with E-state index in [1.54, 1.807) is 23.6 Å². The van der Waals surface area contributed by atoms with Crippen LogP contribution in [-0.4, -0.2) is 38.2 Å². The van der Waals surface area contributed by atoms with E-state index < -0.39 is 17.9 Å². The molecule has 25 heavy (non-hydrogen) atoms. The maximum Gasteiger partial charge on any atom is 0.413 e. The Kier molecular flexibility index (Phi) is 4.85. The number of hydrogen-bond donors (Lipinski definition) is 2. The van der Waals surface area contributed by atoms with Gasteiger partial charge in [-0.1, -0.05) is 0 Å². The van der Waals surface area contributed by atoms with Gasteiger partial charge in [0.2, 0.25) is 0 Å². The summed E-state index contributed by atoms with van der Waals surface area (Å²) in [5.74, 6) is 0.00271. The summed E-state index contributed by atoms with van der Waals surface area (Å²) < 4.78 is 15.2. The zero-order valence-corrected chi connectivity index (χ0v) is 14.0. The van der Waals surface area contributed by atoms with Gasteiger partial charge in [0.05, 0.1) is 12.7 Å². The number of carbonyl (C=O) groups excluding carboxylic acids is 3. The van der Waals surface area contributed by atoms with Gasteiger partial charge in [-0.3, -0.25) is 14.9 Å². The quantitative estimate of drug-likeness (QED) is 0.868. The van der Waals surface area contributed by atoms with E-state index in [4.69, 9.17) is 9.47 Å². The third-order valence-electron chi connectivity index (χ3n) is 3.34. The number of thiophene rings is 1. The molecular weight excluding hydrogens is 348 g/mol. The SMILES string of the molecule is COC(=O)NC(=O)c1ccsc1NC(=O)c1ccc2c(c1)OCCO2. The minimum absolute atomic E-state index is 0.168.